The maximum Gasteiger partial charge on any atom is 0.306 e. The van der Waals surface area contributed by atoms with Crippen LogP contribution in [0.15, 0.2) is 23.6 Å². The number of carbonyl (C=O) groups is 2. The van der Waals surface area contributed by atoms with E-state index in [-0.39, 0.29) is 18.9 Å². The monoisotopic (exact) mass is 371 g/mol. The van der Waals surface area contributed by atoms with E-state index in [1.165, 1.54) is 4.31 Å². The highest BCUT2D eigenvalue weighted by Crippen LogP contribution is 2.28. The summed E-state index contributed by atoms with van der Waals surface area (Å²) in [6.45, 7) is 4.34. The maximum absolute atomic E-state index is 12.5. The van der Waals surface area contributed by atoms with Gasteiger partial charge in [-0.2, -0.15) is 0 Å². The van der Waals surface area contributed by atoms with Crippen LogP contribution in [-0.2, 0) is 25.6 Å². The van der Waals surface area contributed by atoms with E-state index in [1.807, 2.05) is 0 Å². The highest BCUT2D eigenvalue weighted by molar-refractivity contribution is 7.76. The first-order valence-corrected chi connectivity index (χ1v) is 9.27. The molecule has 9 heteroatoms. The zero-order valence-electron chi connectivity index (χ0n) is 14.3. The predicted molar refractivity (Wildman–Crippen MR) is 89.6 cm³/mol. The molecule has 0 bridgehead atoms. The molecule has 2 aliphatic rings. The van der Waals surface area contributed by atoms with Gasteiger partial charge in [0.05, 0.1) is 24.6 Å². The fourth-order valence-electron chi connectivity index (χ4n) is 3.13. The van der Waals surface area contributed by atoms with Crippen molar-refractivity contribution in [3.63, 3.8) is 0 Å². The van der Waals surface area contributed by atoms with Crippen LogP contribution in [-0.4, -0.2) is 60.7 Å². The van der Waals surface area contributed by atoms with Gasteiger partial charge < -0.3 is 19.3 Å². The summed E-state index contributed by atoms with van der Waals surface area (Å²) < 4.78 is 29.9. The molecule has 0 spiro atoms. The lowest BCUT2D eigenvalue weighted by molar-refractivity contribution is -0.146. The molecular weight excluding hydrogens is 348 g/mol. The Morgan fingerprint density at radius 2 is 1.96 bits per heavy atom. The van der Waals surface area contributed by atoms with Crippen LogP contribution in [0.4, 0.5) is 0 Å². The topological polar surface area (TPSA) is 110 Å². The molecule has 0 aromatic carbocycles. The van der Waals surface area contributed by atoms with E-state index < -0.39 is 29.3 Å². The van der Waals surface area contributed by atoms with Crippen molar-refractivity contribution in [2.75, 3.05) is 19.6 Å². The smallest absolute Gasteiger partial charge is 0.306 e. The minimum atomic E-state index is -2.45. The van der Waals surface area contributed by atoms with Gasteiger partial charge >= 0.3 is 5.97 Å². The fourth-order valence-corrected chi connectivity index (χ4v) is 3.78. The molecule has 2 heterocycles. The molecule has 2 saturated heterocycles. The Morgan fingerprint density at radius 1 is 1.32 bits per heavy atom. The molecule has 25 heavy (non-hydrogen) atoms. The number of carboxylic acid groups (broad SMARTS) is 1. The molecule has 1 amide bonds. The van der Waals surface area contributed by atoms with E-state index in [2.05, 4.69) is 0 Å². The van der Waals surface area contributed by atoms with Crippen LogP contribution in [0.5, 0.6) is 0 Å². The highest BCUT2D eigenvalue weighted by Gasteiger charge is 2.32. The number of ether oxygens (including phenoxy) is 1. The summed E-state index contributed by atoms with van der Waals surface area (Å²) in [5.74, 6) is -0.946. The van der Waals surface area contributed by atoms with Crippen LogP contribution in [0.2, 0.25) is 0 Å². The summed E-state index contributed by atoms with van der Waals surface area (Å²) in [6, 6.07) is 0. The molecule has 8 nitrogen and oxygen atoms in total. The third-order valence-electron chi connectivity index (χ3n) is 4.50. The standard InChI is InChI=1S/C16H24N2O6S/c1-3-13-14(4-2)24-12(10-18(13)25(22)23)9-15(19)17-7-5-11(6-8-17)16(20)21/h3-4,11-12H,5-10H2,1-2H3,(H,20,21)(H,22,23)/p-1/b13-3+,14-4+. The number of carboxylic acids is 1. The zero-order valence-corrected chi connectivity index (χ0v) is 15.2. The summed E-state index contributed by atoms with van der Waals surface area (Å²) in [5, 5.41) is 9.01. The number of likely N-dealkylation sites (tertiary alicyclic amines) is 1. The average Bonchev–Trinajstić information content (AvgIpc) is 2.60. The molecule has 0 radical (unpaired) electrons. The Morgan fingerprint density at radius 3 is 2.44 bits per heavy atom. The lowest BCUT2D eigenvalue weighted by Crippen LogP contribution is -2.45. The second-order valence-corrected chi connectivity index (χ2v) is 6.92. The normalized spacial score (nSPS) is 26.6. The fraction of sp³-hybridized carbons (Fsp3) is 0.625. The molecule has 0 saturated carbocycles. The van der Waals surface area contributed by atoms with Crippen molar-refractivity contribution >= 4 is 23.1 Å². The average molecular weight is 371 g/mol. The Bertz CT molecular complexity index is 610. The van der Waals surface area contributed by atoms with Gasteiger partial charge in [-0.25, -0.2) is 0 Å². The second kappa shape index (κ2) is 8.48. The van der Waals surface area contributed by atoms with Gasteiger partial charge in [-0.05, 0) is 32.8 Å². The molecule has 140 valence electrons. The number of hydrogen-bond acceptors (Lipinski definition) is 5. The van der Waals surface area contributed by atoms with E-state index in [0.717, 1.165) is 0 Å². The number of amides is 1. The predicted octanol–water partition coefficient (Wildman–Crippen LogP) is 1.00. The minimum absolute atomic E-state index is 0.0553. The summed E-state index contributed by atoms with van der Waals surface area (Å²) in [4.78, 5) is 25.1. The van der Waals surface area contributed by atoms with Gasteiger partial charge in [0.1, 0.15) is 11.9 Å². The van der Waals surface area contributed by atoms with Gasteiger partial charge in [-0.3, -0.25) is 18.1 Å². The van der Waals surface area contributed by atoms with Crippen LogP contribution in [0.25, 0.3) is 0 Å². The van der Waals surface area contributed by atoms with Crippen molar-refractivity contribution in [2.45, 2.75) is 39.2 Å². The van der Waals surface area contributed by atoms with Gasteiger partial charge in [-0.15, -0.1) is 0 Å². The lowest BCUT2D eigenvalue weighted by atomic mass is 9.97. The molecule has 2 atom stereocenters. The van der Waals surface area contributed by atoms with E-state index in [9.17, 15) is 18.4 Å². The number of rotatable bonds is 4. The summed E-state index contributed by atoms with van der Waals surface area (Å²) in [7, 11) is 0. The Kier molecular flexibility index (Phi) is 6.60. The van der Waals surface area contributed by atoms with Crippen LogP contribution >= 0.6 is 0 Å². The summed E-state index contributed by atoms with van der Waals surface area (Å²) >= 11 is -2.45. The van der Waals surface area contributed by atoms with Crippen molar-refractivity contribution < 1.29 is 28.2 Å². The number of aliphatic carboxylic acids is 1. The molecule has 2 aliphatic heterocycles. The van der Waals surface area contributed by atoms with Gasteiger partial charge in [0.25, 0.3) is 0 Å². The number of carbonyl (C=O) groups excluding carboxylic acids is 1. The Labute approximate surface area is 149 Å². The Hall–Kier alpha value is -1.87. The molecule has 2 rings (SSSR count). The van der Waals surface area contributed by atoms with E-state index in [4.69, 9.17) is 9.84 Å². The van der Waals surface area contributed by atoms with E-state index in [1.54, 1.807) is 30.9 Å². The molecule has 2 unspecified atom stereocenters. The zero-order chi connectivity index (χ0) is 18.6. The number of nitrogens with zero attached hydrogens (tertiary/aromatic N) is 2. The molecule has 0 aromatic heterocycles. The van der Waals surface area contributed by atoms with Crippen LogP contribution < -0.4 is 0 Å². The summed E-state index contributed by atoms with van der Waals surface area (Å²) in [5.41, 5.74) is 0.460. The maximum atomic E-state index is 12.5. The number of piperidine rings is 1. The third kappa shape index (κ3) is 4.60. The largest absolute Gasteiger partial charge is 0.755 e. The van der Waals surface area contributed by atoms with Crippen molar-refractivity contribution in [3.8, 4) is 0 Å². The van der Waals surface area contributed by atoms with Crippen molar-refractivity contribution in [2.24, 2.45) is 5.92 Å². The second-order valence-electron chi connectivity index (χ2n) is 6.04. The summed E-state index contributed by atoms with van der Waals surface area (Å²) in [6.07, 6.45) is 3.68. The number of morpholine rings is 1. The molecule has 0 aromatic rings. The molecule has 2 fully saturated rings. The first kappa shape index (κ1) is 19.5. The van der Waals surface area contributed by atoms with Crippen molar-refractivity contribution in [1.82, 2.24) is 9.21 Å². The quantitative estimate of drug-likeness (QED) is 0.738. The van der Waals surface area contributed by atoms with Gasteiger partial charge in [-0.1, -0.05) is 6.08 Å². The van der Waals surface area contributed by atoms with Crippen molar-refractivity contribution in [1.29, 1.82) is 0 Å². The lowest BCUT2D eigenvalue weighted by Gasteiger charge is -2.39. The van der Waals surface area contributed by atoms with Gasteiger partial charge in [0.15, 0.2) is 0 Å². The SMILES string of the molecule is C/C=C1/OC(CC(=O)N2CCC(C(=O)O)CC2)CN(S(=O)[O-])/C1=C/C. The molecule has 1 N–H and O–H groups in total. The van der Waals surface area contributed by atoms with Crippen molar-refractivity contribution in [3.05, 3.63) is 23.6 Å². The van der Waals surface area contributed by atoms with E-state index in [0.29, 0.717) is 37.4 Å². The van der Waals surface area contributed by atoms with Gasteiger partial charge in [0.2, 0.25) is 5.91 Å². The number of allylic oxidation sites excluding steroid dienone is 2. The van der Waals surface area contributed by atoms with Gasteiger partial charge in [0, 0.05) is 24.4 Å². The molecular formula is C16H23N2O6S-. The third-order valence-corrected chi connectivity index (χ3v) is 5.20. The minimum Gasteiger partial charge on any atom is -0.755 e. The first-order chi connectivity index (χ1) is 11.9. The van der Waals surface area contributed by atoms with E-state index >= 15 is 0 Å². The molecule has 0 aliphatic carbocycles. The number of hydrogen-bond donors (Lipinski definition) is 1. The first-order valence-electron chi connectivity index (χ1n) is 8.24. The van der Waals surface area contributed by atoms with Crippen LogP contribution in [0.1, 0.15) is 33.1 Å². The van der Waals surface area contributed by atoms with Crippen LogP contribution in [0.3, 0.4) is 0 Å². The Balaban J connectivity index is 1.99. The highest BCUT2D eigenvalue weighted by atomic mass is 32.2. The van der Waals surface area contributed by atoms with Crippen LogP contribution in [0, 0.1) is 5.92 Å².